The van der Waals surface area contributed by atoms with Crippen molar-refractivity contribution in [2.24, 2.45) is 0 Å². The number of hydrogen-bond donors (Lipinski definition) is 2. The van der Waals surface area contributed by atoms with Crippen LogP contribution in [0.5, 0.6) is 0 Å². The van der Waals surface area contributed by atoms with Crippen LogP contribution in [-0.2, 0) is 0 Å². The Balaban J connectivity index is 0.000000167. The molecule has 0 atom stereocenters. The van der Waals surface area contributed by atoms with Crippen molar-refractivity contribution >= 4 is 163 Å². The van der Waals surface area contributed by atoms with E-state index in [2.05, 4.69) is 604 Å². The lowest BCUT2D eigenvalue weighted by molar-refractivity contribution is 1.28. The van der Waals surface area contributed by atoms with Gasteiger partial charge in [-0.1, -0.05) is 358 Å². The second-order valence-electron chi connectivity index (χ2n) is 34.3. The minimum Gasteiger partial charge on any atom is -0.356 e. The molecule has 0 saturated heterocycles. The third-order valence-electron chi connectivity index (χ3n) is 25.4. The molecular weight excluding hydrogens is 1810 g/mol. The molecule has 0 aliphatic carbocycles. The Labute approximate surface area is 833 Å². The van der Waals surface area contributed by atoms with E-state index < -0.39 is 0 Å². The summed E-state index contributed by atoms with van der Waals surface area (Å²) in [7, 11) is 0. The molecule has 7 nitrogen and oxygen atoms in total. The van der Waals surface area contributed by atoms with Crippen molar-refractivity contribution in [3.63, 3.8) is 0 Å². The second kappa shape index (κ2) is 42.4. The van der Waals surface area contributed by atoms with Gasteiger partial charge in [-0.3, -0.25) is 0 Å². The fraction of sp³-hybridized carbons (Fsp3) is 0. The van der Waals surface area contributed by atoms with Crippen LogP contribution in [0.1, 0.15) is 0 Å². The van der Waals surface area contributed by atoms with E-state index in [1.165, 1.54) is 63.8 Å². The molecule has 668 valence electrons. The van der Waals surface area contributed by atoms with Gasteiger partial charge in [0.15, 0.2) is 0 Å². The third-order valence-corrected chi connectivity index (χ3v) is 26.1. The van der Waals surface area contributed by atoms with Gasteiger partial charge >= 0.3 is 0 Å². The van der Waals surface area contributed by atoms with Gasteiger partial charge in [0.05, 0.1) is 17.1 Å². The Morgan fingerprint density at radius 1 is 0.121 bits per heavy atom. The summed E-state index contributed by atoms with van der Waals surface area (Å²) in [5, 5.41) is 14.2. The molecule has 0 aromatic heterocycles. The van der Waals surface area contributed by atoms with Crippen molar-refractivity contribution in [1.29, 1.82) is 0 Å². The molecule has 0 fully saturated rings. The number of nitrogens with one attached hydrogen (secondary N) is 2. The van der Waals surface area contributed by atoms with Gasteiger partial charge in [-0.2, -0.15) is 0 Å². The van der Waals surface area contributed by atoms with E-state index in [1.54, 1.807) is 0 Å². The van der Waals surface area contributed by atoms with Gasteiger partial charge in [-0.25, -0.2) is 0 Å². The zero-order valence-electron chi connectivity index (χ0n) is 77.0. The predicted octanol–water partition coefficient (Wildman–Crippen LogP) is 38.3. The van der Waals surface area contributed by atoms with E-state index in [0.717, 1.165) is 136 Å². The molecule has 0 amide bonds. The van der Waals surface area contributed by atoms with Crippen molar-refractivity contribution < 1.29 is 0 Å². The SMILES string of the molecule is Ic1ccc(-c2ccc(N(c3ccccc3)c3cccc4ccccc34)cc2)cc1.c1ccc(N(c2ccc(-c3ccc(N(c4ccccc4)c4ccc(-c5ccc(N(c6ccccc6)c6cccc7ccccc67)cc5)cc4)cc3)cc2)c2ccc(-c3ccc(N(c4ccccc4)c4cccc5ccccc45)cc3)cc2)cc1.c1ccc(Nc2ccc(-c3ccc(Nc4ccccc4)cc3)cc2)cc1. The van der Waals surface area contributed by atoms with Crippen molar-refractivity contribution in [3.05, 3.63) is 586 Å². The van der Waals surface area contributed by atoms with Crippen LogP contribution in [-0.4, -0.2) is 0 Å². The van der Waals surface area contributed by atoms with Gasteiger partial charge in [0.1, 0.15) is 0 Å². The molecule has 0 unspecified atom stereocenters. The number of benzene rings is 23. The molecule has 23 rings (SSSR count). The van der Waals surface area contributed by atoms with Crippen LogP contribution in [0.4, 0.5) is 108 Å². The zero-order chi connectivity index (χ0) is 94.0. The minimum absolute atomic E-state index is 1.08. The molecule has 8 heteroatoms. The first-order valence-corrected chi connectivity index (χ1v) is 48.4. The summed E-state index contributed by atoms with van der Waals surface area (Å²) < 4.78 is 1.25. The molecular formula is C132H98IN7. The van der Waals surface area contributed by atoms with Gasteiger partial charge in [-0.15, -0.1) is 0 Å². The standard InChI is InChI=1S/C80H58N4.C28H20IN.C24H20N2/c1-5-23-67(24-6-1)81(73-51-39-61(40-52-73)63-43-55-75(56-44-63)83(69-27-9-3-10-28-69)79-33-17-21-65-19-13-15-31-77(65)79)71-47-35-59(36-48-71)60-37-49-72(50-38-60)82(68-25-7-2-8-26-68)74-53-41-62(42-54-74)64-45-57-76(58-46-64)84(70-29-11-4-12-30-70)80-34-18-22-66-20-14-16-32-78(66)80;29-24-17-13-21(14-18-24)22-15-19-26(20-16-22)30(25-9-2-1-3-10-25)28-12-6-8-23-7-4-5-11-27(23)28;1-3-7-21(8-4-1)25-23-15-11-19(12-16-23)20-13-17-24(18-14-20)26-22-9-5-2-6-10-22/h1-58H;1-20H;1-18,25-26H. The molecule has 23 aromatic rings. The highest BCUT2D eigenvalue weighted by molar-refractivity contribution is 14.1. The highest BCUT2D eigenvalue weighted by atomic mass is 127. The highest BCUT2D eigenvalue weighted by Crippen LogP contribution is 2.47. The molecule has 0 aliphatic rings. The summed E-state index contributed by atoms with van der Waals surface area (Å²) in [5.41, 5.74) is 32.9. The molecule has 140 heavy (non-hydrogen) atoms. The van der Waals surface area contributed by atoms with Crippen LogP contribution >= 0.6 is 22.6 Å². The van der Waals surface area contributed by atoms with E-state index in [4.69, 9.17) is 0 Å². The summed E-state index contributed by atoms with van der Waals surface area (Å²) in [6, 6.07) is 207. The monoisotopic (exact) mass is 1910 g/mol. The number of para-hydroxylation sites is 7. The van der Waals surface area contributed by atoms with Crippen LogP contribution in [0.25, 0.3) is 88.0 Å². The largest absolute Gasteiger partial charge is 0.356 e. The number of anilines is 19. The number of rotatable bonds is 24. The van der Waals surface area contributed by atoms with Gasteiger partial charge in [-0.05, 0) is 319 Å². The van der Waals surface area contributed by atoms with E-state index in [-0.39, 0.29) is 0 Å². The number of hydrogen-bond acceptors (Lipinski definition) is 7. The Morgan fingerprint density at radius 3 is 0.507 bits per heavy atom. The first-order chi connectivity index (χ1) is 69.3. The molecule has 0 bridgehead atoms. The smallest absolute Gasteiger partial charge is 0.0540 e. The molecule has 0 spiro atoms. The fourth-order valence-electron chi connectivity index (χ4n) is 18.4. The summed E-state index contributed by atoms with van der Waals surface area (Å²) >= 11 is 2.34. The van der Waals surface area contributed by atoms with E-state index in [9.17, 15) is 0 Å². The van der Waals surface area contributed by atoms with Crippen LogP contribution in [0.2, 0.25) is 0 Å². The van der Waals surface area contributed by atoms with Gasteiger partial charge in [0.2, 0.25) is 0 Å². The van der Waals surface area contributed by atoms with Crippen LogP contribution in [0.15, 0.2) is 582 Å². The molecule has 0 radical (unpaired) electrons. The summed E-state index contributed by atoms with van der Waals surface area (Å²) in [6.07, 6.45) is 0. The topological polar surface area (TPSA) is 40.3 Å². The maximum absolute atomic E-state index is 3.41. The lowest BCUT2D eigenvalue weighted by Crippen LogP contribution is -2.10. The first-order valence-electron chi connectivity index (χ1n) is 47.3. The van der Waals surface area contributed by atoms with Crippen LogP contribution in [0, 0.1) is 3.57 Å². The molecule has 0 heterocycles. The van der Waals surface area contributed by atoms with E-state index >= 15 is 0 Å². The maximum atomic E-state index is 3.41. The van der Waals surface area contributed by atoms with Gasteiger partial charge in [0.25, 0.3) is 0 Å². The minimum atomic E-state index is 1.08. The predicted molar refractivity (Wildman–Crippen MR) is 605 cm³/mol. The zero-order valence-corrected chi connectivity index (χ0v) is 79.2. The molecule has 2 N–H and O–H groups in total. The summed E-state index contributed by atoms with van der Waals surface area (Å²) in [5.74, 6) is 0. The highest BCUT2D eigenvalue weighted by Gasteiger charge is 2.22. The van der Waals surface area contributed by atoms with E-state index in [0.29, 0.717) is 0 Å². The Kier molecular flexibility index (Phi) is 26.9. The van der Waals surface area contributed by atoms with Crippen molar-refractivity contribution in [2.45, 2.75) is 0 Å². The first kappa shape index (κ1) is 88.7. The molecule has 23 aromatic carbocycles. The Morgan fingerprint density at radius 2 is 0.279 bits per heavy atom. The Hall–Kier alpha value is -17.8. The average molecular weight is 1910 g/mol. The fourth-order valence-corrected chi connectivity index (χ4v) is 18.8. The lowest BCUT2D eigenvalue weighted by Gasteiger charge is -2.27. The van der Waals surface area contributed by atoms with Crippen LogP contribution < -0.4 is 35.1 Å². The number of fused-ring (bicyclic) bond motifs is 3. The van der Waals surface area contributed by atoms with E-state index in [1.807, 2.05) is 36.4 Å². The lowest BCUT2D eigenvalue weighted by atomic mass is 10.0. The van der Waals surface area contributed by atoms with Crippen molar-refractivity contribution in [2.75, 3.05) is 35.1 Å². The van der Waals surface area contributed by atoms with Gasteiger partial charge < -0.3 is 35.1 Å². The second-order valence-corrected chi connectivity index (χ2v) is 35.6. The number of nitrogens with zero attached hydrogens (tertiary/aromatic N) is 5. The summed E-state index contributed by atoms with van der Waals surface area (Å²) in [6.45, 7) is 0. The summed E-state index contributed by atoms with van der Waals surface area (Å²) in [4.78, 5) is 11.7. The average Bonchev–Trinajstić information content (AvgIpc) is 0.783. The Bertz CT molecular complexity index is 7610. The number of halogens is 1. The third kappa shape index (κ3) is 20.4. The van der Waals surface area contributed by atoms with Crippen molar-refractivity contribution in [1.82, 2.24) is 0 Å². The maximum Gasteiger partial charge on any atom is 0.0540 e. The van der Waals surface area contributed by atoms with Crippen molar-refractivity contribution in [3.8, 4) is 55.6 Å². The molecule has 0 saturated carbocycles. The molecule has 0 aliphatic heterocycles. The van der Waals surface area contributed by atoms with Crippen LogP contribution in [0.3, 0.4) is 0 Å². The van der Waals surface area contributed by atoms with Gasteiger partial charge in [0, 0.05) is 111 Å². The normalized spacial score (nSPS) is 10.9. The quantitative estimate of drug-likeness (QED) is 0.0584.